The van der Waals surface area contributed by atoms with Crippen molar-refractivity contribution in [1.29, 1.82) is 0 Å². The van der Waals surface area contributed by atoms with E-state index in [2.05, 4.69) is 31.6 Å². The van der Waals surface area contributed by atoms with E-state index in [0.717, 1.165) is 27.9 Å². The van der Waals surface area contributed by atoms with E-state index in [-0.39, 0.29) is 5.69 Å². The molecule has 0 atom stereocenters. The normalized spacial score (nSPS) is 10.8. The van der Waals surface area contributed by atoms with E-state index in [4.69, 9.17) is 6.42 Å². The lowest BCUT2D eigenvalue weighted by Gasteiger charge is -2.09. The van der Waals surface area contributed by atoms with E-state index in [1.54, 1.807) is 4.57 Å². The number of rotatable bonds is 7. The predicted molar refractivity (Wildman–Crippen MR) is 129 cm³/mol. The van der Waals surface area contributed by atoms with Gasteiger partial charge in [0.05, 0.1) is 12.2 Å². The number of aromatic amines is 1. The first-order chi connectivity index (χ1) is 16.7. The molecule has 0 aliphatic rings. The van der Waals surface area contributed by atoms with Crippen molar-refractivity contribution in [3.63, 3.8) is 0 Å². The third-order valence-corrected chi connectivity index (χ3v) is 5.55. The van der Waals surface area contributed by atoms with Crippen LogP contribution >= 0.6 is 0 Å². The predicted octanol–water partition coefficient (Wildman–Crippen LogP) is 3.50. The summed E-state index contributed by atoms with van der Waals surface area (Å²) in [6.07, 6.45) is 6.51. The molecule has 0 radical (unpaired) electrons. The highest BCUT2D eigenvalue weighted by Crippen LogP contribution is 2.29. The fourth-order valence-electron chi connectivity index (χ4n) is 3.88. The Kier molecular flexibility index (Phi) is 5.82. The van der Waals surface area contributed by atoms with Crippen LogP contribution in [0.2, 0.25) is 0 Å². The Bertz CT molecular complexity index is 1490. The molecule has 0 saturated carbocycles. The van der Waals surface area contributed by atoms with Gasteiger partial charge in [0.2, 0.25) is 5.82 Å². The average molecular weight is 448 g/mol. The summed E-state index contributed by atoms with van der Waals surface area (Å²) in [6.45, 7) is 0.401. The number of aryl methyl sites for hydroxylation is 1. The maximum atomic E-state index is 13.2. The first-order valence-electron chi connectivity index (χ1n) is 10.8. The Labute approximate surface area is 195 Å². The SMILES string of the molecule is C#CCCc1nn(-c2ccccc2)c(=O)n1Cc1ccc(-c2ccccc2-c2nn[nH]n2)cc1. The summed E-state index contributed by atoms with van der Waals surface area (Å²) in [6, 6.07) is 25.4. The molecule has 0 fully saturated rings. The highest BCUT2D eigenvalue weighted by Gasteiger charge is 2.15. The molecule has 1 N–H and O–H groups in total. The summed E-state index contributed by atoms with van der Waals surface area (Å²) in [5, 5.41) is 19.0. The largest absolute Gasteiger partial charge is 0.351 e. The molecule has 3 aromatic carbocycles. The van der Waals surface area contributed by atoms with Crippen molar-refractivity contribution in [1.82, 2.24) is 35.0 Å². The van der Waals surface area contributed by atoms with Crippen LogP contribution in [0, 0.1) is 12.3 Å². The van der Waals surface area contributed by atoms with Crippen LogP contribution < -0.4 is 5.69 Å². The number of nitrogens with one attached hydrogen (secondary N) is 1. The number of H-pyrrole nitrogens is 1. The summed E-state index contributed by atoms with van der Waals surface area (Å²) in [5.74, 6) is 3.84. The minimum absolute atomic E-state index is 0.190. The van der Waals surface area contributed by atoms with Gasteiger partial charge >= 0.3 is 5.69 Å². The second-order valence-electron chi connectivity index (χ2n) is 7.71. The van der Waals surface area contributed by atoms with Gasteiger partial charge in [0.15, 0.2) is 0 Å². The summed E-state index contributed by atoms with van der Waals surface area (Å²) in [5.41, 5.74) is 4.42. The van der Waals surface area contributed by atoms with Crippen LogP contribution in [0.15, 0.2) is 83.7 Å². The minimum Gasteiger partial charge on any atom is -0.274 e. The minimum atomic E-state index is -0.190. The lowest BCUT2D eigenvalue weighted by atomic mass is 9.98. The zero-order valence-corrected chi connectivity index (χ0v) is 18.3. The Morgan fingerprint density at radius 3 is 2.35 bits per heavy atom. The Morgan fingerprint density at radius 2 is 1.65 bits per heavy atom. The van der Waals surface area contributed by atoms with Crippen LogP contribution in [0.3, 0.4) is 0 Å². The fourth-order valence-corrected chi connectivity index (χ4v) is 3.88. The van der Waals surface area contributed by atoms with Crippen molar-refractivity contribution in [2.45, 2.75) is 19.4 Å². The van der Waals surface area contributed by atoms with Crippen molar-refractivity contribution in [3.05, 3.63) is 101 Å². The molecule has 34 heavy (non-hydrogen) atoms. The van der Waals surface area contributed by atoms with Crippen molar-refractivity contribution < 1.29 is 0 Å². The van der Waals surface area contributed by atoms with Crippen molar-refractivity contribution in [2.75, 3.05) is 0 Å². The van der Waals surface area contributed by atoms with Crippen LogP contribution in [-0.2, 0) is 13.0 Å². The van der Waals surface area contributed by atoms with Gasteiger partial charge in [-0.05, 0) is 34.0 Å². The van der Waals surface area contributed by atoms with Crippen molar-refractivity contribution >= 4 is 0 Å². The van der Waals surface area contributed by atoms with Crippen LogP contribution in [-0.4, -0.2) is 35.0 Å². The second-order valence-corrected chi connectivity index (χ2v) is 7.71. The maximum Gasteiger partial charge on any atom is 0.351 e. The van der Waals surface area contributed by atoms with Gasteiger partial charge in [-0.2, -0.15) is 9.90 Å². The monoisotopic (exact) mass is 447 g/mol. The van der Waals surface area contributed by atoms with E-state index in [0.29, 0.717) is 31.0 Å². The Morgan fingerprint density at radius 1 is 0.912 bits per heavy atom. The quantitative estimate of drug-likeness (QED) is 0.386. The topological polar surface area (TPSA) is 94.3 Å². The molecule has 5 aromatic rings. The van der Waals surface area contributed by atoms with Crippen molar-refractivity contribution in [3.8, 4) is 40.5 Å². The Hall–Kier alpha value is -4.77. The zero-order chi connectivity index (χ0) is 23.3. The third kappa shape index (κ3) is 4.14. The van der Waals surface area contributed by atoms with E-state index in [9.17, 15) is 4.79 Å². The van der Waals surface area contributed by atoms with Crippen molar-refractivity contribution in [2.24, 2.45) is 0 Å². The smallest absolute Gasteiger partial charge is 0.274 e. The summed E-state index contributed by atoms with van der Waals surface area (Å²) in [4.78, 5) is 13.2. The third-order valence-electron chi connectivity index (χ3n) is 5.55. The maximum absolute atomic E-state index is 13.2. The molecule has 0 aliphatic heterocycles. The Balaban J connectivity index is 1.47. The van der Waals surface area contributed by atoms with E-state index < -0.39 is 0 Å². The van der Waals surface area contributed by atoms with Gasteiger partial charge < -0.3 is 0 Å². The van der Waals surface area contributed by atoms with Gasteiger partial charge in [0.1, 0.15) is 5.82 Å². The summed E-state index contributed by atoms with van der Waals surface area (Å²) >= 11 is 0. The molecular formula is C26H21N7O. The zero-order valence-electron chi connectivity index (χ0n) is 18.3. The van der Waals surface area contributed by atoms with Crippen LogP contribution in [0.4, 0.5) is 0 Å². The summed E-state index contributed by atoms with van der Waals surface area (Å²) in [7, 11) is 0. The van der Waals surface area contributed by atoms with Crippen LogP contribution in [0.5, 0.6) is 0 Å². The molecule has 0 bridgehead atoms. The molecule has 0 aliphatic carbocycles. The lowest BCUT2D eigenvalue weighted by molar-refractivity contribution is 0.698. The standard InChI is InChI=1S/C26H21N7O/c1-2-3-13-24-29-33(21-9-5-4-6-10-21)26(34)32(24)18-19-14-16-20(17-15-19)22-11-7-8-12-23(22)25-27-30-31-28-25/h1,4-12,14-17H,3,13,18H2,(H,27,28,30,31). The number of hydrogen-bond donors (Lipinski definition) is 1. The molecule has 0 spiro atoms. The number of aromatic nitrogens is 7. The van der Waals surface area contributed by atoms with Gasteiger partial charge in [-0.3, -0.25) is 4.57 Å². The number of benzene rings is 3. The molecule has 0 saturated heterocycles. The van der Waals surface area contributed by atoms with Crippen LogP contribution in [0.25, 0.3) is 28.2 Å². The van der Waals surface area contributed by atoms with Gasteiger partial charge in [-0.15, -0.1) is 27.6 Å². The molecular weight excluding hydrogens is 426 g/mol. The number of hydrogen-bond acceptors (Lipinski definition) is 5. The molecule has 8 nitrogen and oxygen atoms in total. The van der Waals surface area contributed by atoms with Gasteiger partial charge in [0, 0.05) is 18.4 Å². The van der Waals surface area contributed by atoms with E-state index in [1.165, 1.54) is 4.68 Å². The lowest BCUT2D eigenvalue weighted by Crippen LogP contribution is -2.25. The van der Waals surface area contributed by atoms with Gasteiger partial charge in [0.25, 0.3) is 0 Å². The van der Waals surface area contributed by atoms with E-state index in [1.807, 2.05) is 78.9 Å². The first-order valence-corrected chi connectivity index (χ1v) is 10.8. The van der Waals surface area contributed by atoms with Crippen LogP contribution in [0.1, 0.15) is 17.8 Å². The van der Waals surface area contributed by atoms with Gasteiger partial charge in [-0.25, -0.2) is 4.79 Å². The van der Waals surface area contributed by atoms with Gasteiger partial charge in [-0.1, -0.05) is 66.7 Å². The highest BCUT2D eigenvalue weighted by atomic mass is 16.2. The highest BCUT2D eigenvalue weighted by molar-refractivity contribution is 5.80. The molecule has 2 aromatic heterocycles. The molecule has 8 heteroatoms. The molecule has 166 valence electrons. The summed E-state index contributed by atoms with van der Waals surface area (Å²) < 4.78 is 3.12. The molecule has 2 heterocycles. The average Bonchev–Trinajstić information content (AvgIpc) is 3.53. The second kappa shape index (κ2) is 9.38. The molecule has 5 rings (SSSR count). The number of nitrogens with zero attached hydrogens (tertiary/aromatic N) is 6. The van der Waals surface area contributed by atoms with E-state index >= 15 is 0 Å². The molecule has 0 unspecified atom stereocenters. The number of tetrazole rings is 1. The molecule has 0 amide bonds. The first kappa shape index (κ1) is 21.1. The number of para-hydroxylation sites is 1. The fraction of sp³-hybridized carbons (Fsp3) is 0.115. The number of terminal acetylenes is 1.